The molecule has 0 saturated carbocycles. The number of hydrogen-bond acceptors (Lipinski definition) is 4. The van der Waals surface area contributed by atoms with Crippen molar-refractivity contribution in [3.05, 3.63) is 11.8 Å². The van der Waals surface area contributed by atoms with E-state index in [-0.39, 0.29) is 23.8 Å². The summed E-state index contributed by atoms with van der Waals surface area (Å²) < 4.78 is 5.23. The average molecular weight is 310 g/mol. The van der Waals surface area contributed by atoms with Gasteiger partial charge >= 0.3 is 0 Å². The Labute approximate surface area is 131 Å². The number of nitrogens with zero attached hydrogens (tertiary/aromatic N) is 1. The van der Waals surface area contributed by atoms with Gasteiger partial charge in [0.1, 0.15) is 11.8 Å². The normalized spacial score (nSPS) is 18.9. The maximum absolute atomic E-state index is 12.7. The zero-order chi connectivity index (χ0) is 16.7. The highest BCUT2D eigenvalue weighted by Crippen LogP contribution is 2.25. The van der Waals surface area contributed by atoms with Gasteiger partial charge < -0.3 is 10.1 Å². The third-order valence-corrected chi connectivity index (χ3v) is 3.71. The molecule has 1 N–H and O–H groups in total. The zero-order valence-electron chi connectivity index (χ0n) is 13.8. The van der Waals surface area contributed by atoms with Crippen LogP contribution in [-0.2, 0) is 19.1 Å². The largest absolute Gasteiger partial charge is 0.499 e. The van der Waals surface area contributed by atoms with Gasteiger partial charge in [-0.25, -0.2) is 0 Å². The van der Waals surface area contributed by atoms with E-state index in [0.717, 1.165) is 12.8 Å². The van der Waals surface area contributed by atoms with Crippen molar-refractivity contribution in [3.8, 4) is 0 Å². The van der Waals surface area contributed by atoms with E-state index < -0.39 is 6.04 Å². The molecule has 0 aliphatic carbocycles. The molecule has 0 unspecified atom stereocenters. The Bertz CT molecular complexity index is 459. The fraction of sp³-hybridized carbons (Fsp3) is 0.688. The van der Waals surface area contributed by atoms with Crippen LogP contribution in [0.5, 0.6) is 0 Å². The molecule has 2 atom stereocenters. The predicted octanol–water partition coefficient (Wildman–Crippen LogP) is 1.75. The molecule has 0 radical (unpaired) electrons. The Morgan fingerprint density at radius 2 is 2.00 bits per heavy atom. The summed E-state index contributed by atoms with van der Waals surface area (Å²) in [6.45, 7) is 5.65. The highest BCUT2D eigenvalue weighted by molar-refractivity contribution is 6.06. The summed E-state index contributed by atoms with van der Waals surface area (Å²) in [5.41, 5.74) is 0. The summed E-state index contributed by atoms with van der Waals surface area (Å²) in [6, 6.07) is -1.03. The third-order valence-electron chi connectivity index (χ3n) is 3.71. The highest BCUT2D eigenvalue weighted by Gasteiger charge is 2.40. The number of carbonyl (C=O) groups excluding carboxylic acids is 3. The van der Waals surface area contributed by atoms with Gasteiger partial charge in [-0.3, -0.25) is 19.3 Å². The van der Waals surface area contributed by atoms with Gasteiger partial charge in [0.05, 0.1) is 13.2 Å². The van der Waals surface area contributed by atoms with Gasteiger partial charge in [0.25, 0.3) is 11.8 Å². The summed E-state index contributed by atoms with van der Waals surface area (Å²) >= 11 is 0. The molecule has 3 amide bonds. The van der Waals surface area contributed by atoms with Crippen molar-refractivity contribution in [1.82, 2.24) is 10.2 Å². The number of imide groups is 1. The van der Waals surface area contributed by atoms with Gasteiger partial charge in [-0.2, -0.15) is 0 Å². The maximum Gasteiger partial charge on any atom is 0.257 e. The van der Waals surface area contributed by atoms with E-state index in [1.807, 2.05) is 13.8 Å². The van der Waals surface area contributed by atoms with Crippen molar-refractivity contribution in [2.45, 2.75) is 65.0 Å². The van der Waals surface area contributed by atoms with Crippen LogP contribution >= 0.6 is 0 Å². The van der Waals surface area contributed by atoms with Gasteiger partial charge in [0, 0.05) is 12.5 Å². The standard InChI is InChI=1S/C16H26N2O4/c1-5-8-11(17-14(19)7-3)16(21)18-12(9-6-2)13(22-4)10-15(18)20/h10-12H,5-9H2,1-4H3,(H,17,19)/t11-,12-/m0/s1. The van der Waals surface area contributed by atoms with E-state index in [4.69, 9.17) is 4.74 Å². The van der Waals surface area contributed by atoms with E-state index in [2.05, 4.69) is 5.32 Å². The maximum atomic E-state index is 12.7. The van der Waals surface area contributed by atoms with E-state index in [9.17, 15) is 14.4 Å². The van der Waals surface area contributed by atoms with Crippen LogP contribution in [0.25, 0.3) is 0 Å². The van der Waals surface area contributed by atoms with E-state index in [1.165, 1.54) is 18.1 Å². The number of nitrogens with one attached hydrogen (secondary N) is 1. The monoisotopic (exact) mass is 310 g/mol. The molecule has 0 bridgehead atoms. The number of amides is 3. The second-order valence-electron chi connectivity index (χ2n) is 5.36. The first-order valence-corrected chi connectivity index (χ1v) is 7.91. The molecule has 0 aromatic carbocycles. The van der Waals surface area contributed by atoms with Crippen LogP contribution in [0.15, 0.2) is 11.8 Å². The molecule has 1 rings (SSSR count). The summed E-state index contributed by atoms with van der Waals surface area (Å²) in [7, 11) is 1.50. The van der Waals surface area contributed by atoms with Crippen LogP contribution in [0, 0.1) is 0 Å². The number of hydrogen-bond donors (Lipinski definition) is 1. The minimum atomic E-state index is -0.662. The third kappa shape index (κ3) is 4.08. The van der Waals surface area contributed by atoms with Crippen LogP contribution in [0.4, 0.5) is 0 Å². The second kappa shape index (κ2) is 8.56. The number of methoxy groups -OCH3 is 1. The van der Waals surface area contributed by atoms with Gasteiger partial charge in [-0.1, -0.05) is 33.6 Å². The Balaban J connectivity index is 2.95. The molecule has 0 fully saturated rings. The fourth-order valence-electron chi connectivity index (χ4n) is 2.58. The van der Waals surface area contributed by atoms with Crippen molar-refractivity contribution < 1.29 is 19.1 Å². The summed E-state index contributed by atoms with van der Waals surface area (Å²) in [4.78, 5) is 37.8. The molecule has 6 nitrogen and oxygen atoms in total. The van der Waals surface area contributed by atoms with Crippen molar-refractivity contribution in [3.63, 3.8) is 0 Å². The topological polar surface area (TPSA) is 75.7 Å². The zero-order valence-corrected chi connectivity index (χ0v) is 13.8. The van der Waals surface area contributed by atoms with Crippen LogP contribution in [-0.4, -0.2) is 41.8 Å². The summed E-state index contributed by atoms with van der Waals surface area (Å²) in [5.74, 6) is -0.398. The van der Waals surface area contributed by atoms with Crippen molar-refractivity contribution in [2.75, 3.05) is 7.11 Å². The molecule has 0 aromatic rings. The SMILES string of the molecule is CCC[C@H](NC(=O)CC)C(=O)N1C(=O)C=C(OC)[C@@H]1CCC. The van der Waals surface area contributed by atoms with Gasteiger partial charge in [0.15, 0.2) is 0 Å². The minimum Gasteiger partial charge on any atom is -0.499 e. The smallest absolute Gasteiger partial charge is 0.257 e. The van der Waals surface area contributed by atoms with E-state index >= 15 is 0 Å². The quantitative estimate of drug-likeness (QED) is 0.741. The Morgan fingerprint density at radius 1 is 1.32 bits per heavy atom. The fourth-order valence-corrected chi connectivity index (χ4v) is 2.58. The van der Waals surface area contributed by atoms with Crippen molar-refractivity contribution in [2.24, 2.45) is 0 Å². The Morgan fingerprint density at radius 3 is 2.50 bits per heavy atom. The number of rotatable bonds is 8. The summed E-state index contributed by atoms with van der Waals surface area (Å²) in [6.07, 6.45) is 4.39. The van der Waals surface area contributed by atoms with Crippen molar-refractivity contribution >= 4 is 17.7 Å². The molecule has 0 aromatic heterocycles. The molecule has 124 valence electrons. The van der Waals surface area contributed by atoms with Gasteiger partial charge in [-0.15, -0.1) is 0 Å². The molecule has 1 aliphatic rings. The molecule has 0 spiro atoms. The first kappa shape index (κ1) is 18.2. The number of ether oxygens (including phenoxy) is 1. The molecule has 1 aliphatic heterocycles. The van der Waals surface area contributed by atoms with E-state index in [1.54, 1.807) is 6.92 Å². The number of carbonyl (C=O) groups is 3. The van der Waals surface area contributed by atoms with E-state index in [0.29, 0.717) is 25.0 Å². The lowest BCUT2D eigenvalue weighted by Crippen LogP contribution is -2.52. The highest BCUT2D eigenvalue weighted by atomic mass is 16.5. The lowest BCUT2D eigenvalue weighted by Gasteiger charge is -2.28. The van der Waals surface area contributed by atoms with Crippen molar-refractivity contribution in [1.29, 1.82) is 0 Å². The van der Waals surface area contributed by atoms with Gasteiger partial charge in [-0.05, 0) is 12.8 Å². The first-order chi connectivity index (χ1) is 10.5. The van der Waals surface area contributed by atoms with Crippen LogP contribution in [0.1, 0.15) is 52.9 Å². The van der Waals surface area contributed by atoms with Gasteiger partial charge in [0.2, 0.25) is 5.91 Å². The molecular formula is C16H26N2O4. The van der Waals surface area contributed by atoms with Crippen LogP contribution in [0.3, 0.4) is 0 Å². The second-order valence-corrected chi connectivity index (χ2v) is 5.36. The Hall–Kier alpha value is -1.85. The lowest BCUT2D eigenvalue weighted by molar-refractivity contribution is -0.146. The predicted molar refractivity (Wildman–Crippen MR) is 82.8 cm³/mol. The van der Waals surface area contributed by atoms with Crippen LogP contribution in [0.2, 0.25) is 0 Å². The Kier molecular flexibility index (Phi) is 7.08. The molecule has 6 heteroatoms. The molecule has 0 saturated heterocycles. The first-order valence-electron chi connectivity index (χ1n) is 7.91. The molecular weight excluding hydrogens is 284 g/mol. The average Bonchev–Trinajstić information content (AvgIpc) is 2.82. The minimum absolute atomic E-state index is 0.189. The van der Waals surface area contributed by atoms with Crippen LogP contribution < -0.4 is 5.32 Å². The summed E-state index contributed by atoms with van der Waals surface area (Å²) in [5, 5.41) is 2.71. The molecule has 22 heavy (non-hydrogen) atoms. The molecule has 1 heterocycles. The lowest BCUT2D eigenvalue weighted by atomic mass is 10.1.